The quantitative estimate of drug-likeness (QED) is 0.527. The molecule has 0 aliphatic rings. The normalized spacial score (nSPS) is 10.8. The van der Waals surface area contributed by atoms with Crippen LogP contribution in [-0.2, 0) is 13.1 Å². The van der Waals surface area contributed by atoms with Crippen molar-refractivity contribution in [3.8, 4) is 0 Å². The summed E-state index contributed by atoms with van der Waals surface area (Å²) in [5, 5.41) is 0.748. The zero-order chi connectivity index (χ0) is 20.2. The smallest absolute Gasteiger partial charge is 0.265 e. The van der Waals surface area contributed by atoms with Gasteiger partial charge in [0.15, 0.2) is 0 Å². The summed E-state index contributed by atoms with van der Waals surface area (Å²) in [7, 11) is 0. The monoisotopic (exact) mass is 384 g/mol. The van der Waals surface area contributed by atoms with E-state index in [-0.39, 0.29) is 17.0 Å². The molecule has 0 aliphatic heterocycles. The fourth-order valence-electron chi connectivity index (χ4n) is 3.33. The van der Waals surface area contributed by atoms with Crippen LogP contribution in [0.4, 0.5) is 5.82 Å². The van der Waals surface area contributed by atoms with Gasteiger partial charge >= 0.3 is 0 Å². The largest absolute Gasteiger partial charge is 0.292 e. The number of carbonyl (C=O) groups is 1. The first-order valence-electron chi connectivity index (χ1n) is 9.44. The minimum absolute atomic E-state index is 0.105. The van der Waals surface area contributed by atoms with Gasteiger partial charge in [0, 0.05) is 24.3 Å². The predicted octanol–water partition coefficient (Wildman–Crippen LogP) is 3.66. The van der Waals surface area contributed by atoms with E-state index in [1.165, 1.54) is 9.47 Å². The highest BCUT2D eigenvalue weighted by molar-refractivity contribution is 6.06. The second-order valence-electron chi connectivity index (χ2n) is 6.59. The van der Waals surface area contributed by atoms with Gasteiger partial charge in [-0.2, -0.15) is 0 Å². The van der Waals surface area contributed by atoms with Crippen LogP contribution in [-0.4, -0.2) is 20.4 Å². The van der Waals surface area contributed by atoms with E-state index in [0.29, 0.717) is 24.6 Å². The lowest BCUT2D eigenvalue weighted by Crippen LogP contribution is -2.37. The molecule has 6 heteroatoms. The molecule has 1 amide bonds. The maximum Gasteiger partial charge on any atom is 0.265 e. The highest BCUT2D eigenvalue weighted by Gasteiger charge is 2.23. The molecule has 4 rings (SSSR count). The number of hydrogen-bond donors (Lipinski definition) is 0. The number of carbonyl (C=O) groups excluding carboxylic acids is 1. The lowest BCUT2D eigenvalue weighted by Gasteiger charge is -2.22. The molecule has 0 saturated carbocycles. The summed E-state index contributed by atoms with van der Waals surface area (Å²) in [6.07, 6.45) is 3.28. The van der Waals surface area contributed by atoms with E-state index < -0.39 is 0 Å². The maximum atomic E-state index is 13.5. The van der Waals surface area contributed by atoms with Gasteiger partial charge in [-0.05, 0) is 42.8 Å². The summed E-state index contributed by atoms with van der Waals surface area (Å²) in [5.41, 5.74) is 1.28. The first kappa shape index (κ1) is 18.6. The Kier molecular flexibility index (Phi) is 5.16. The van der Waals surface area contributed by atoms with Crippen molar-refractivity contribution >= 4 is 22.8 Å². The highest BCUT2D eigenvalue weighted by Crippen LogP contribution is 2.19. The van der Waals surface area contributed by atoms with E-state index in [1.54, 1.807) is 36.7 Å². The third-order valence-corrected chi connectivity index (χ3v) is 4.75. The Morgan fingerprint density at radius 2 is 1.72 bits per heavy atom. The Labute approximate surface area is 168 Å². The number of nitrogens with zero attached hydrogens (tertiary/aromatic N) is 4. The molecule has 144 valence electrons. The maximum absolute atomic E-state index is 13.5. The first-order valence-corrected chi connectivity index (χ1v) is 9.44. The standard InChI is InChI=1S/C23H20N4O2/c1-2-26-21-18(11-8-14-25-21)15-19(22(26)28)23(29)27(20-12-6-7-13-24-20)16-17-9-4-3-5-10-17/h3-15H,2,16H2,1H3. The van der Waals surface area contributed by atoms with Gasteiger partial charge in [0.2, 0.25) is 0 Å². The minimum atomic E-state index is -0.384. The number of benzene rings is 1. The summed E-state index contributed by atoms with van der Waals surface area (Å²) in [6, 6.07) is 20.3. The number of rotatable bonds is 5. The highest BCUT2D eigenvalue weighted by atomic mass is 16.2. The predicted molar refractivity (Wildman–Crippen MR) is 113 cm³/mol. The van der Waals surface area contributed by atoms with E-state index in [4.69, 9.17) is 0 Å². The molecule has 1 aromatic carbocycles. The van der Waals surface area contributed by atoms with Crippen molar-refractivity contribution in [2.24, 2.45) is 0 Å². The fourth-order valence-corrected chi connectivity index (χ4v) is 3.33. The Morgan fingerprint density at radius 3 is 2.45 bits per heavy atom. The van der Waals surface area contributed by atoms with Crippen LogP contribution in [0.1, 0.15) is 22.8 Å². The van der Waals surface area contributed by atoms with Gasteiger partial charge in [-0.15, -0.1) is 0 Å². The lowest BCUT2D eigenvalue weighted by atomic mass is 10.1. The molecule has 0 bridgehead atoms. The number of anilines is 1. The van der Waals surface area contributed by atoms with Gasteiger partial charge in [0.05, 0.1) is 6.54 Å². The third-order valence-electron chi connectivity index (χ3n) is 4.75. The number of hydrogen-bond acceptors (Lipinski definition) is 4. The molecule has 4 aromatic rings. The Hall–Kier alpha value is -3.80. The number of aromatic nitrogens is 3. The van der Waals surface area contributed by atoms with Crippen molar-refractivity contribution in [2.75, 3.05) is 4.90 Å². The number of fused-ring (bicyclic) bond motifs is 1. The third kappa shape index (κ3) is 3.65. The molecule has 0 fully saturated rings. The van der Waals surface area contributed by atoms with Crippen LogP contribution in [0, 0.1) is 0 Å². The molecule has 3 heterocycles. The van der Waals surface area contributed by atoms with E-state index in [0.717, 1.165) is 10.9 Å². The van der Waals surface area contributed by atoms with Gasteiger partial charge in [-0.25, -0.2) is 9.97 Å². The van der Waals surface area contributed by atoms with Crippen LogP contribution in [0.5, 0.6) is 0 Å². The van der Waals surface area contributed by atoms with Crippen molar-refractivity contribution in [1.29, 1.82) is 0 Å². The molecule has 0 saturated heterocycles. The van der Waals surface area contributed by atoms with E-state index in [9.17, 15) is 9.59 Å². The lowest BCUT2D eigenvalue weighted by molar-refractivity contribution is 0.0982. The van der Waals surface area contributed by atoms with Crippen LogP contribution in [0.3, 0.4) is 0 Å². The van der Waals surface area contributed by atoms with Crippen molar-refractivity contribution < 1.29 is 4.79 Å². The molecule has 3 aromatic heterocycles. The van der Waals surface area contributed by atoms with Gasteiger partial charge in [-0.3, -0.25) is 19.1 Å². The van der Waals surface area contributed by atoms with Crippen molar-refractivity contribution in [3.05, 3.63) is 101 Å². The summed E-state index contributed by atoms with van der Waals surface area (Å²) in [5.74, 6) is 0.112. The van der Waals surface area contributed by atoms with Gasteiger partial charge < -0.3 is 0 Å². The Morgan fingerprint density at radius 1 is 0.966 bits per heavy atom. The second kappa shape index (κ2) is 8.06. The zero-order valence-electron chi connectivity index (χ0n) is 16.0. The Bertz CT molecular complexity index is 1200. The zero-order valence-corrected chi connectivity index (χ0v) is 16.0. The average molecular weight is 384 g/mol. The molecular weight excluding hydrogens is 364 g/mol. The molecule has 29 heavy (non-hydrogen) atoms. The molecule has 0 unspecified atom stereocenters. The second-order valence-corrected chi connectivity index (χ2v) is 6.59. The van der Waals surface area contributed by atoms with Crippen LogP contribution in [0.15, 0.2) is 83.9 Å². The SMILES string of the molecule is CCn1c(=O)c(C(=O)N(Cc2ccccc2)c2ccccn2)cc2cccnc21. The Balaban J connectivity index is 1.84. The van der Waals surface area contributed by atoms with Crippen molar-refractivity contribution in [2.45, 2.75) is 20.0 Å². The van der Waals surface area contributed by atoms with Gasteiger partial charge in [-0.1, -0.05) is 36.4 Å². The molecular formula is C23H20N4O2. The minimum Gasteiger partial charge on any atom is -0.292 e. The number of amides is 1. The van der Waals surface area contributed by atoms with Crippen LogP contribution >= 0.6 is 0 Å². The van der Waals surface area contributed by atoms with Crippen LogP contribution in [0.2, 0.25) is 0 Å². The fraction of sp³-hybridized carbons (Fsp3) is 0.130. The molecule has 0 atom stereocenters. The van der Waals surface area contributed by atoms with Crippen LogP contribution < -0.4 is 10.5 Å². The van der Waals surface area contributed by atoms with Crippen LogP contribution in [0.25, 0.3) is 11.0 Å². The molecule has 0 aliphatic carbocycles. The van der Waals surface area contributed by atoms with E-state index in [2.05, 4.69) is 9.97 Å². The van der Waals surface area contributed by atoms with E-state index >= 15 is 0 Å². The number of pyridine rings is 3. The molecule has 6 nitrogen and oxygen atoms in total. The topological polar surface area (TPSA) is 68.1 Å². The van der Waals surface area contributed by atoms with E-state index in [1.807, 2.05) is 49.4 Å². The molecule has 0 spiro atoms. The first-order chi connectivity index (χ1) is 14.2. The summed E-state index contributed by atoms with van der Waals surface area (Å²) in [6.45, 7) is 2.60. The molecule has 0 N–H and O–H groups in total. The summed E-state index contributed by atoms with van der Waals surface area (Å²) < 4.78 is 1.53. The van der Waals surface area contributed by atoms with Gasteiger partial charge in [0.1, 0.15) is 17.0 Å². The van der Waals surface area contributed by atoms with Gasteiger partial charge in [0.25, 0.3) is 11.5 Å². The number of aryl methyl sites for hydroxylation is 1. The van der Waals surface area contributed by atoms with Crippen molar-refractivity contribution in [3.63, 3.8) is 0 Å². The summed E-state index contributed by atoms with van der Waals surface area (Å²) >= 11 is 0. The molecule has 0 radical (unpaired) electrons. The summed E-state index contributed by atoms with van der Waals surface area (Å²) in [4.78, 5) is 36.8. The average Bonchev–Trinajstić information content (AvgIpc) is 2.78. The van der Waals surface area contributed by atoms with Crippen molar-refractivity contribution in [1.82, 2.24) is 14.5 Å².